The Morgan fingerprint density at radius 3 is 2.78 bits per heavy atom. The number of hydrogen-bond donors (Lipinski definition) is 0. The normalized spacial score (nSPS) is 9.44. The molecule has 9 heavy (non-hydrogen) atoms. The predicted molar refractivity (Wildman–Crippen MR) is 31.8 cm³/mol. The van der Waals surface area contributed by atoms with Gasteiger partial charge in [0.05, 0.1) is 6.61 Å². The molecule has 0 aromatic rings. The van der Waals surface area contributed by atoms with Crippen molar-refractivity contribution in [1.82, 2.24) is 0 Å². The van der Waals surface area contributed by atoms with Gasteiger partial charge in [-0.25, -0.2) is 4.79 Å². The fourth-order valence-corrected chi connectivity index (χ4v) is 0.308. The van der Waals surface area contributed by atoms with Crippen molar-refractivity contribution in [2.45, 2.75) is 6.92 Å². The van der Waals surface area contributed by atoms with Crippen molar-refractivity contribution in [2.24, 2.45) is 0 Å². The van der Waals surface area contributed by atoms with E-state index in [9.17, 15) is 9.59 Å². The molecular formula is C6H8O3. The molecule has 0 aromatic carbocycles. The molecule has 0 saturated heterocycles. The number of hydrogen-bond acceptors (Lipinski definition) is 3. The van der Waals surface area contributed by atoms with Crippen molar-refractivity contribution < 1.29 is 14.3 Å². The van der Waals surface area contributed by atoms with Crippen molar-refractivity contribution in [3.8, 4) is 0 Å². The minimum absolute atomic E-state index is 0.335. The van der Waals surface area contributed by atoms with Gasteiger partial charge in [-0.05, 0) is 13.0 Å². The van der Waals surface area contributed by atoms with Gasteiger partial charge in [0.2, 0.25) is 0 Å². The van der Waals surface area contributed by atoms with Crippen LogP contribution in [-0.2, 0) is 14.3 Å². The van der Waals surface area contributed by atoms with E-state index in [0.717, 1.165) is 12.2 Å². The quantitative estimate of drug-likeness (QED) is 0.312. The maximum absolute atomic E-state index is 10.3. The highest BCUT2D eigenvalue weighted by Gasteiger charge is 1.89. The van der Waals surface area contributed by atoms with Crippen LogP contribution in [0.4, 0.5) is 0 Å². The maximum Gasteiger partial charge on any atom is 0.330 e. The van der Waals surface area contributed by atoms with Gasteiger partial charge in [-0.1, -0.05) is 0 Å². The topological polar surface area (TPSA) is 43.4 Å². The largest absolute Gasteiger partial charge is 0.463 e. The monoisotopic (exact) mass is 128 g/mol. The van der Waals surface area contributed by atoms with Crippen LogP contribution in [0.25, 0.3) is 0 Å². The summed E-state index contributed by atoms with van der Waals surface area (Å²) in [7, 11) is 0. The summed E-state index contributed by atoms with van der Waals surface area (Å²) in [6, 6.07) is 0. The second-order valence-electron chi connectivity index (χ2n) is 1.25. The maximum atomic E-state index is 10.3. The minimum atomic E-state index is -0.482. The lowest BCUT2D eigenvalue weighted by molar-refractivity contribution is -0.137. The summed E-state index contributed by atoms with van der Waals surface area (Å²) in [4.78, 5) is 20.0. The van der Waals surface area contributed by atoms with Crippen LogP contribution in [0, 0.1) is 0 Å². The van der Waals surface area contributed by atoms with E-state index in [1.54, 1.807) is 6.92 Å². The Hall–Kier alpha value is -1.12. The molecular weight excluding hydrogens is 120 g/mol. The number of rotatable bonds is 3. The number of esters is 1. The molecule has 0 saturated carbocycles. The van der Waals surface area contributed by atoms with Gasteiger partial charge in [0, 0.05) is 6.08 Å². The molecule has 3 nitrogen and oxygen atoms in total. The molecule has 0 unspecified atom stereocenters. The van der Waals surface area contributed by atoms with Gasteiger partial charge in [0.15, 0.2) is 0 Å². The molecule has 0 amide bonds. The van der Waals surface area contributed by atoms with E-state index in [1.807, 2.05) is 0 Å². The third-order valence-corrected chi connectivity index (χ3v) is 0.597. The Morgan fingerprint density at radius 2 is 2.33 bits per heavy atom. The van der Waals surface area contributed by atoms with E-state index in [1.165, 1.54) is 0 Å². The van der Waals surface area contributed by atoms with Crippen LogP contribution < -0.4 is 0 Å². The highest BCUT2D eigenvalue weighted by atomic mass is 16.5. The van der Waals surface area contributed by atoms with Crippen molar-refractivity contribution in [3.63, 3.8) is 0 Å². The van der Waals surface area contributed by atoms with Crippen LogP contribution in [0.1, 0.15) is 6.92 Å². The fourth-order valence-electron chi connectivity index (χ4n) is 0.308. The SMILES string of the molecule is CCOC(=O)C=CC=O. The molecule has 0 aliphatic carbocycles. The zero-order valence-electron chi connectivity index (χ0n) is 5.16. The molecule has 0 aliphatic rings. The summed E-state index contributed by atoms with van der Waals surface area (Å²) in [5.74, 6) is -0.482. The lowest BCUT2D eigenvalue weighted by Crippen LogP contribution is -1.98. The average molecular weight is 128 g/mol. The summed E-state index contributed by atoms with van der Waals surface area (Å²) >= 11 is 0. The standard InChI is InChI=1S/C6H8O3/c1-2-9-6(8)4-3-5-7/h3-5H,2H2,1H3. The summed E-state index contributed by atoms with van der Waals surface area (Å²) in [6.45, 7) is 2.04. The van der Waals surface area contributed by atoms with Crippen LogP contribution in [0.5, 0.6) is 0 Å². The summed E-state index contributed by atoms with van der Waals surface area (Å²) in [5, 5.41) is 0. The molecule has 0 aromatic heterocycles. The van der Waals surface area contributed by atoms with E-state index in [0.29, 0.717) is 12.9 Å². The Labute approximate surface area is 53.3 Å². The van der Waals surface area contributed by atoms with Gasteiger partial charge in [-0.3, -0.25) is 4.79 Å². The van der Waals surface area contributed by atoms with Crippen molar-refractivity contribution in [3.05, 3.63) is 12.2 Å². The van der Waals surface area contributed by atoms with E-state index in [4.69, 9.17) is 0 Å². The molecule has 0 bridgehead atoms. The smallest absolute Gasteiger partial charge is 0.330 e. The second kappa shape index (κ2) is 5.03. The van der Waals surface area contributed by atoms with E-state index < -0.39 is 5.97 Å². The van der Waals surface area contributed by atoms with E-state index >= 15 is 0 Å². The van der Waals surface area contributed by atoms with Gasteiger partial charge in [-0.2, -0.15) is 0 Å². The molecule has 0 spiro atoms. The highest BCUT2D eigenvalue weighted by molar-refractivity contribution is 5.86. The van der Waals surface area contributed by atoms with Crippen LogP contribution in [0.2, 0.25) is 0 Å². The average Bonchev–Trinajstić information content (AvgIpc) is 1.85. The molecule has 0 heterocycles. The second-order valence-corrected chi connectivity index (χ2v) is 1.25. The first-order valence-electron chi connectivity index (χ1n) is 2.60. The first-order chi connectivity index (χ1) is 4.31. The molecule has 50 valence electrons. The van der Waals surface area contributed by atoms with Crippen molar-refractivity contribution in [1.29, 1.82) is 0 Å². The fraction of sp³-hybridized carbons (Fsp3) is 0.333. The zero-order valence-corrected chi connectivity index (χ0v) is 5.16. The predicted octanol–water partition coefficient (Wildman–Crippen LogP) is 0.305. The molecule has 0 radical (unpaired) electrons. The van der Waals surface area contributed by atoms with Crippen LogP contribution >= 0.6 is 0 Å². The molecule has 0 N–H and O–H groups in total. The molecule has 0 aliphatic heterocycles. The Morgan fingerprint density at radius 1 is 1.67 bits per heavy atom. The van der Waals surface area contributed by atoms with Gasteiger partial charge >= 0.3 is 5.97 Å². The molecule has 0 atom stereocenters. The summed E-state index contributed by atoms with van der Waals surface area (Å²) in [5.41, 5.74) is 0. The third kappa shape index (κ3) is 4.74. The van der Waals surface area contributed by atoms with Gasteiger partial charge in [0.25, 0.3) is 0 Å². The summed E-state index contributed by atoms with van der Waals surface area (Å²) < 4.78 is 4.46. The van der Waals surface area contributed by atoms with E-state index in [-0.39, 0.29) is 0 Å². The number of carbonyl (C=O) groups excluding carboxylic acids is 2. The Kier molecular flexibility index (Phi) is 4.40. The van der Waals surface area contributed by atoms with Crippen LogP contribution in [0.15, 0.2) is 12.2 Å². The van der Waals surface area contributed by atoms with Crippen LogP contribution in [-0.4, -0.2) is 18.9 Å². The lowest BCUT2D eigenvalue weighted by atomic mass is 10.5. The van der Waals surface area contributed by atoms with Crippen molar-refractivity contribution in [2.75, 3.05) is 6.61 Å². The zero-order chi connectivity index (χ0) is 7.11. The van der Waals surface area contributed by atoms with Gasteiger partial charge in [-0.15, -0.1) is 0 Å². The third-order valence-electron chi connectivity index (χ3n) is 0.597. The Bertz CT molecular complexity index is 126. The van der Waals surface area contributed by atoms with E-state index in [2.05, 4.69) is 4.74 Å². The number of aldehydes is 1. The van der Waals surface area contributed by atoms with Crippen LogP contribution in [0.3, 0.4) is 0 Å². The number of ether oxygens (including phenoxy) is 1. The minimum Gasteiger partial charge on any atom is -0.463 e. The highest BCUT2D eigenvalue weighted by Crippen LogP contribution is 1.77. The Balaban J connectivity index is 3.49. The molecule has 3 heteroatoms. The van der Waals surface area contributed by atoms with Gasteiger partial charge in [0.1, 0.15) is 6.29 Å². The van der Waals surface area contributed by atoms with Crippen molar-refractivity contribution >= 4 is 12.3 Å². The van der Waals surface area contributed by atoms with Gasteiger partial charge < -0.3 is 4.74 Å². The molecule has 0 fully saturated rings. The lowest BCUT2D eigenvalue weighted by Gasteiger charge is -1.91. The first kappa shape index (κ1) is 7.88. The number of carbonyl (C=O) groups is 2. The molecule has 0 rings (SSSR count). The number of allylic oxidation sites excluding steroid dienone is 1. The summed E-state index contributed by atoms with van der Waals surface area (Å²) in [6.07, 6.45) is 2.70. The first-order valence-corrected chi connectivity index (χ1v) is 2.60.